The maximum Gasteiger partial charge on any atom is 0.504 e. The zero-order chi connectivity index (χ0) is 11.9. The first kappa shape index (κ1) is 13.9. The van der Waals surface area contributed by atoms with Gasteiger partial charge >= 0.3 is 8.80 Å². The van der Waals surface area contributed by atoms with Crippen LogP contribution in [-0.2, 0) is 13.3 Å². The Bertz CT molecular complexity index is 201. The first-order chi connectivity index (χ1) is 7.79. The van der Waals surface area contributed by atoms with E-state index in [-0.39, 0.29) is 0 Å². The molecule has 0 spiro atoms. The summed E-state index contributed by atoms with van der Waals surface area (Å²) in [4.78, 5) is 0. The van der Waals surface area contributed by atoms with Crippen LogP contribution in [0, 0.1) is 0 Å². The maximum atomic E-state index is 5.91. The Morgan fingerprint density at radius 1 is 1.00 bits per heavy atom. The van der Waals surface area contributed by atoms with E-state index < -0.39 is 8.80 Å². The molecule has 0 fully saturated rings. The first-order valence-electron chi connectivity index (χ1n) is 6.35. The highest BCUT2D eigenvalue weighted by Gasteiger charge is 2.48. The van der Waals surface area contributed by atoms with E-state index in [1.54, 1.807) is 0 Å². The van der Waals surface area contributed by atoms with E-state index >= 15 is 0 Å². The van der Waals surface area contributed by atoms with Crippen LogP contribution in [0.4, 0.5) is 0 Å². The van der Waals surface area contributed by atoms with Crippen molar-refractivity contribution in [2.45, 2.75) is 45.6 Å². The van der Waals surface area contributed by atoms with Crippen molar-refractivity contribution in [3.05, 3.63) is 12.2 Å². The summed E-state index contributed by atoms with van der Waals surface area (Å²) in [6.07, 6.45) is 7.74. The van der Waals surface area contributed by atoms with E-state index in [4.69, 9.17) is 13.3 Å². The van der Waals surface area contributed by atoms with Crippen molar-refractivity contribution in [2.75, 3.05) is 19.8 Å². The van der Waals surface area contributed by atoms with Crippen LogP contribution in [0.15, 0.2) is 12.2 Å². The van der Waals surface area contributed by atoms with Crippen molar-refractivity contribution in [3.63, 3.8) is 0 Å². The second kappa shape index (κ2) is 7.22. The molecule has 0 heterocycles. The molecule has 0 bridgehead atoms. The third kappa shape index (κ3) is 3.42. The standard InChI is InChI=1S/C12H24O3Si/c1-4-13-16(14-5-2,15-6-3)12-10-8-7-9-11-12/h7-8,12H,4-6,9-11H2,1-3H3. The smallest absolute Gasteiger partial charge is 0.374 e. The lowest BCUT2D eigenvalue weighted by atomic mass is 10.1. The molecule has 0 saturated carbocycles. The van der Waals surface area contributed by atoms with Crippen molar-refractivity contribution in [1.29, 1.82) is 0 Å². The zero-order valence-corrected chi connectivity index (χ0v) is 11.7. The molecule has 1 rings (SSSR count). The van der Waals surface area contributed by atoms with Gasteiger partial charge in [0.1, 0.15) is 0 Å². The largest absolute Gasteiger partial charge is 0.504 e. The Hall–Kier alpha value is -0.163. The number of allylic oxidation sites excluding steroid dienone is 2. The van der Waals surface area contributed by atoms with Gasteiger partial charge in [0.2, 0.25) is 0 Å². The van der Waals surface area contributed by atoms with Crippen molar-refractivity contribution >= 4 is 8.80 Å². The minimum atomic E-state index is -2.45. The number of rotatable bonds is 7. The molecule has 0 aromatic heterocycles. The molecule has 94 valence electrons. The Balaban J connectivity index is 2.75. The van der Waals surface area contributed by atoms with E-state index in [2.05, 4.69) is 12.2 Å². The van der Waals surface area contributed by atoms with Gasteiger partial charge in [0.15, 0.2) is 0 Å². The lowest BCUT2D eigenvalue weighted by Crippen LogP contribution is -2.50. The SMILES string of the molecule is CCO[Si](OCC)(OCC)C1CC=CCC1. The molecule has 0 aromatic carbocycles. The molecular weight excluding hydrogens is 220 g/mol. The van der Waals surface area contributed by atoms with Crippen molar-refractivity contribution in [3.8, 4) is 0 Å². The Morgan fingerprint density at radius 2 is 1.56 bits per heavy atom. The maximum absolute atomic E-state index is 5.91. The average Bonchev–Trinajstić information content (AvgIpc) is 2.31. The van der Waals surface area contributed by atoms with Gasteiger partial charge in [0.05, 0.1) is 0 Å². The molecule has 1 aliphatic rings. The van der Waals surface area contributed by atoms with Crippen LogP contribution in [0.2, 0.25) is 5.54 Å². The average molecular weight is 244 g/mol. The zero-order valence-electron chi connectivity index (χ0n) is 10.7. The molecule has 0 radical (unpaired) electrons. The van der Waals surface area contributed by atoms with Crippen LogP contribution in [0.25, 0.3) is 0 Å². The molecule has 0 aromatic rings. The van der Waals surface area contributed by atoms with Crippen molar-refractivity contribution < 1.29 is 13.3 Å². The van der Waals surface area contributed by atoms with Gasteiger partial charge in [0.25, 0.3) is 0 Å². The summed E-state index contributed by atoms with van der Waals surface area (Å²) in [5.41, 5.74) is 0.442. The topological polar surface area (TPSA) is 27.7 Å². The van der Waals surface area contributed by atoms with Gasteiger partial charge in [-0.15, -0.1) is 0 Å². The normalized spacial score (nSPS) is 21.3. The highest BCUT2D eigenvalue weighted by Crippen LogP contribution is 2.36. The molecule has 4 heteroatoms. The fraction of sp³-hybridized carbons (Fsp3) is 0.833. The summed E-state index contributed by atoms with van der Waals surface area (Å²) >= 11 is 0. The molecule has 1 unspecified atom stereocenters. The highest BCUT2D eigenvalue weighted by molar-refractivity contribution is 6.62. The van der Waals surface area contributed by atoms with E-state index in [9.17, 15) is 0 Å². The third-order valence-corrected chi connectivity index (χ3v) is 6.40. The third-order valence-electron chi connectivity index (χ3n) is 2.81. The van der Waals surface area contributed by atoms with Gasteiger partial charge in [0, 0.05) is 25.4 Å². The molecule has 3 nitrogen and oxygen atoms in total. The van der Waals surface area contributed by atoms with Crippen LogP contribution >= 0.6 is 0 Å². The van der Waals surface area contributed by atoms with Crippen LogP contribution < -0.4 is 0 Å². The monoisotopic (exact) mass is 244 g/mol. The molecule has 16 heavy (non-hydrogen) atoms. The molecule has 0 N–H and O–H groups in total. The lowest BCUT2D eigenvalue weighted by Gasteiger charge is -2.35. The minimum Gasteiger partial charge on any atom is -0.374 e. The minimum absolute atomic E-state index is 0.442. The van der Waals surface area contributed by atoms with E-state index in [1.807, 2.05) is 20.8 Å². The van der Waals surface area contributed by atoms with E-state index in [0.29, 0.717) is 25.4 Å². The highest BCUT2D eigenvalue weighted by atomic mass is 28.4. The Morgan fingerprint density at radius 3 is 1.94 bits per heavy atom. The van der Waals surface area contributed by atoms with Gasteiger partial charge in [-0.05, 0) is 40.0 Å². The molecular formula is C12H24O3Si. The fourth-order valence-electron chi connectivity index (χ4n) is 2.20. The van der Waals surface area contributed by atoms with Crippen LogP contribution in [0.5, 0.6) is 0 Å². The summed E-state index contributed by atoms with van der Waals surface area (Å²) in [5, 5.41) is 0. The van der Waals surface area contributed by atoms with Gasteiger partial charge in [-0.2, -0.15) is 0 Å². The Kier molecular flexibility index (Phi) is 6.27. The van der Waals surface area contributed by atoms with Crippen molar-refractivity contribution in [2.24, 2.45) is 0 Å². The van der Waals surface area contributed by atoms with Crippen LogP contribution in [0.1, 0.15) is 40.0 Å². The summed E-state index contributed by atoms with van der Waals surface area (Å²) < 4.78 is 17.7. The van der Waals surface area contributed by atoms with E-state index in [1.165, 1.54) is 0 Å². The van der Waals surface area contributed by atoms with Gasteiger partial charge in [-0.1, -0.05) is 12.2 Å². The molecule has 0 amide bonds. The second-order valence-electron chi connectivity index (χ2n) is 3.88. The molecule has 0 aliphatic heterocycles. The molecule has 1 atom stereocenters. The van der Waals surface area contributed by atoms with Crippen LogP contribution in [-0.4, -0.2) is 28.6 Å². The predicted molar refractivity (Wildman–Crippen MR) is 67.4 cm³/mol. The predicted octanol–water partition coefficient (Wildman–Crippen LogP) is 3.15. The summed E-state index contributed by atoms with van der Waals surface area (Å²) in [7, 11) is -2.45. The molecule has 1 aliphatic carbocycles. The summed E-state index contributed by atoms with van der Waals surface area (Å²) in [5.74, 6) is 0. The van der Waals surface area contributed by atoms with Gasteiger partial charge < -0.3 is 13.3 Å². The number of hydrogen-bond donors (Lipinski definition) is 0. The Labute approximate surface area is 100 Å². The summed E-state index contributed by atoms with van der Waals surface area (Å²) in [6, 6.07) is 0. The van der Waals surface area contributed by atoms with E-state index in [0.717, 1.165) is 19.3 Å². The van der Waals surface area contributed by atoms with Gasteiger partial charge in [-0.25, -0.2) is 0 Å². The quantitative estimate of drug-likeness (QED) is 0.508. The van der Waals surface area contributed by atoms with Crippen molar-refractivity contribution in [1.82, 2.24) is 0 Å². The lowest BCUT2D eigenvalue weighted by molar-refractivity contribution is 0.0595. The number of hydrogen-bond acceptors (Lipinski definition) is 3. The first-order valence-corrected chi connectivity index (χ1v) is 8.16. The van der Waals surface area contributed by atoms with Gasteiger partial charge in [-0.3, -0.25) is 0 Å². The summed E-state index contributed by atoms with van der Waals surface area (Å²) in [6.45, 7) is 8.06. The van der Waals surface area contributed by atoms with Crippen LogP contribution in [0.3, 0.4) is 0 Å². The second-order valence-corrected chi connectivity index (χ2v) is 6.77. The molecule has 0 saturated heterocycles. The fourth-order valence-corrected chi connectivity index (χ4v) is 5.31.